The number of thiazole rings is 1. The minimum atomic E-state index is -3.44. The van der Waals surface area contributed by atoms with Gasteiger partial charge in [0.2, 0.25) is 16.0 Å². The molecule has 0 aliphatic rings. The van der Waals surface area contributed by atoms with Gasteiger partial charge in [-0.05, 0) is 18.0 Å². The van der Waals surface area contributed by atoms with Gasteiger partial charge >= 0.3 is 17.3 Å². The first-order valence-electron chi connectivity index (χ1n) is 10.2. The monoisotopic (exact) mass is 607 g/mol. The van der Waals surface area contributed by atoms with Crippen molar-refractivity contribution >= 4 is 73.7 Å². The van der Waals surface area contributed by atoms with Gasteiger partial charge in [-0.15, -0.1) is 11.3 Å². The molecule has 0 atom stereocenters. The number of aromatic nitrogens is 1. The molecule has 0 aliphatic carbocycles. The number of rotatable bonds is 13. The maximum atomic E-state index is 12.5. The van der Waals surface area contributed by atoms with E-state index in [0.29, 0.717) is 41.8 Å². The standard InChI is InChI=1S/C14H24ClF2N7O2S3.C4H4O4/c1-3-6-29(25,26)24-12(19-2)20-4-5-27-7-10-8-28-13(22-10)23-11(18)21-9-14(15,16)17;5-3(6)1-2-4(7)8/h8H,3-7,9H2,1-2H3,(H2,19,20,24)(H3,18,21,22,23);1-2H,(H,5,6)(H,7,8). The molecule has 0 aromatic carbocycles. The van der Waals surface area contributed by atoms with Crippen molar-refractivity contribution in [3.05, 3.63) is 23.2 Å². The Kier molecular flexibility index (Phi) is 16.4. The van der Waals surface area contributed by atoms with Crippen molar-refractivity contribution in [3.63, 3.8) is 0 Å². The van der Waals surface area contributed by atoms with E-state index in [0.717, 1.165) is 5.69 Å². The molecule has 0 radical (unpaired) electrons. The number of thioether (sulfide) groups is 1. The quantitative estimate of drug-likeness (QED) is 0.0623. The van der Waals surface area contributed by atoms with Crippen molar-refractivity contribution in [2.75, 3.05) is 37.0 Å². The van der Waals surface area contributed by atoms with Crippen LogP contribution < -0.4 is 21.1 Å². The number of aliphatic carboxylic acids is 2. The van der Waals surface area contributed by atoms with Crippen LogP contribution in [0.3, 0.4) is 0 Å². The summed E-state index contributed by atoms with van der Waals surface area (Å²) in [4.78, 5) is 30.7. The summed E-state index contributed by atoms with van der Waals surface area (Å²) in [5.74, 6) is -1.18. The minimum absolute atomic E-state index is 0.0339. The number of hydrogen-bond acceptors (Lipinski definition) is 9. The molecule has 1 rings (SSSR count). The first-order chi connectivity index (χ1) is 17.2. The first-order valence-corrected chi connectivity index (χ1v) is 14.2. The highest BCUT2D eigenvalue weighted by molar-refractivity contribution is 7.98. The van der Waals surface area contributed by atoms with Crippen molar-refractivity contribution in [2.45, 2.75) is 24.5 Å². The second-order valence-corrected chi connectivity index (χ2v) is 10.9. The third-order valence-corrected chi connectivity index (χ3v) is 6.69. The van der Waals surface area contributed by atoms with E-state index in [1.54, 1.807) is 18.7 Å². The van der Waals surface area contributed by atoms with Crippen molar-refractivity contribution < 1.29 is 37.0 Å². The summed E-state index contributed by atoms with van der Waals surface area (Å²) < 4.78 is 50.9. The van der Waals surface area contributed by atoms with Crippen LogP contribution in [0.4, 0.5) is 13.9 Å². The molecule has 1 aromatic heterocycles. The summed E-state index contributed by atoms with van der Waals surface area (Å²) in [7, 11) is -1.89. The summed E-state index contributed by atoms with van der Waals surface area (Å²) in [6.07, 6.45) is 1.63. The molecule has 0 bridgehead atoms. The highest BCUT2D eigenvalue weighted by Crippen LogP contribution is 2.20. The normalized spacial score (nSPS) is 12.6. The summed E-state index contributed by atoms with van der Waals surface area (Å²) in [6, 6.07) is 0. The van der Waals surface area contributed by atoms with E-state index in [4.69, 9.17) is 27.5 Å². The van der Waals surface area contributed by atoms with Gasteiger partial charge in [-0.1, -0.05) is 6.92 Å². The van der Waals surface area contributed by atoms with Crippen LogP contribution in [0, 0.1) is 0 Å². The maximum absolute atomic E-state index is 12.5. The lowest BCUT2D eigenvalue weighted by Gasteiger charge is -2.11. The van der Waals surface area contributed by atoms with Gasteiger partial charge < -0.3 is 26.6 Å². The molecule has 37 heavy (non-hydrogen) atoms. The Hall–Kier alpha value is -2.70. The molecule has 0 aliphatic heterocycles. The fourth-order valence-electron chi connectivity index (χ4n) is 1.94. The van der Waals surface area contributed by atoms with Gasteiger partial charge in [-0.25, -0.2) is 28.0 Å². The molecule has 13 nitrogen and oxygen atoms in total. The number of sulfonamides is 1. The van der Waals surface area contributed by atoms with E-state index in [1.165, 1.54) is 18.4 Å². The molecular weight excluding hydrogens is 580 g/mol. The topological polar surface area (TPSA) is 208 Å². The van der Waals surface area contributed by atoms with E-state index >= 15 is 0 Å². The number of aliphatic imine (C=N–C) groups is 2. The Labute approximate surface area is 225 Å². The maximum Gasteiger partial charge on any atom is 0.341 e. The summed E-state index contributed by atoms with van der Waals surface area (Å²) in [5.41, 5.74) is 6.29. The fourth-order valence-corrected chi connectivity index (χ4v) is 4.67. The number of carbonyl (C=O) groups is 2. The largest absolute Gasteiger partial charge is 0.478 e. The van der Waals surface area contributed by atoms with Crippen molar-refractivity contribution in [2.24, 2.45) is 15.7 Å². The molecule has 0 unspecified atom stereocenters. The molecule has 19 heteroatoms. The van der Waals surface area contributed by atoms with Crippen LogP contribution in [-0.4, -0.2) is 84.5 Å². The molecule has 1 aromatic rings. The van der Waals surface area contributed by atoms with Crippen LogP contribution in [-0.2, 0) is 25.4 Å². The number of anilines is 1. The average Bonchev–Trinajstić information content (AvgIpc) is 3.22. The van der Waals surface area contributed by atoms with E-state index in [9.17, 15) is 26.8 Å². The van der Waals surface area contributed by atoms with Gasteiger partial charge in [0, 0.05) is 42.6 Å². The summed E-state index contributed by atoms with van der Waals surface area (Å²) in [5, 5.41) is 20.0. The van der Waals surface area contributed by atoms with E-state index in [-0.39, 0.29) is 17.7 Å². The smallest absolute Gasteiger partial charge is 0.341 e. The number of nitrogens with one attached hydrogen (secondary N) is 3. The van der Waals surface area contributed by atoms with Crippen LogP contribution in [0.1, 0.15) is 19.0 Å². The zero-order valence-corrected chi connectivity index (χ0v) is 23.0. The first kappa shape index (κ1) is 34.3. The van der Waals surface area contributed by atoms with E-state index in [1.807, 2.05) is 5.38 Å². The van der Waals surface area contributed by atoms with E-state index in [2.05, 4.69) is 30.3 Å². The van der Waals surface area contributed by atoms with Gasteiger partial charge in [0.25, 0.3) is 0 Å². The highest BCUT2D eigenvalue weighted by atomic mass is 35.5. The lowest BCUT2D eigenvalue weighted by Crippen LogP contribution is -2.42. The van der Waals surface area contributed by atoms with Gasteiger partial charge in [0.05, 0.1) is 11.4 Å². The Morgan fingerprint density at radius 2 is 1.95 bits per heavy atom. The third-order valence-electron chi connectivity index (χ3n) is 3.32. The predicted octanol–water partition coefficient (Wildman–Crippen LogP) is 1.55. The number of halogens is 3. The van der Waals surface area contributed by atoms with Crippen molar-refractivity contribution in [1.82, 2.24) is 15.0 Å². The second-order valence-electron chi connectivity index (χ2n) is 6.57. The van der Waals surface area contributed by atoms with Crippen LogP contribution in [0.15, 0.2) is 27.5 Å². The molecule has 210 valence electrons. The number of carboxylic acid groups (broad SMARTS) is 2. The number of nitrogens with zero attached hydrogens (tertiary/aromatic N) is 3. The van der Waals surface area contributed by atoms with Crippen molar-refractivity contribution in [1.29, 1.82) is 0 Å². The predicted molar refractivity (Wildman–Crippen MR) is 142 cm³/mol. The molecule has 0 spiro atoms. The Balaban J connectivity index is 0.00000139. The molecule has 0 amide bonds. The number of carboxylic acids is 2. The SMILES string of the molecule is CCCS(=O)(=O)NC(=NC)NCCSCc1csc(NC(N)=NCC(F)(F)Cl)n1.O=C(O)C=CC(=O)O. The highest BCUT2D eigenvalue weighted by Gasteiger charge is 2.23. The lowest BCUT2D eigenvalue weighted by molar-refractivity contribution is -0.134. The van der Waals surface area contributed by atoms with Crippen LogP contribution >= 0.6 is 34.7 Å². The fraction of sp³-hybridized carbons (Fsp3) is 0.500. The number of guanidine groups is 2. The average molecular weight is 608 g/mol. The number of alkyl halides is 3. The van der Waals surface area contributed by atoms with Crippen molar-refractivity contribution in [3.8, 4) is 0 Å². The molecule has 0 saturated heterocycles. The summed E-state index contributed by atoms with van der Waals surface area (Å²) >= 11 is 7.60. The molecule has 0 saturated carbocycles. The minimum Gasteiger partial charge on any atom is -0.478 e. The Morgan fingerprint density at radius 3 is 2.46 bits per heavy atom. The van der Waals surface area contributed by atoms with Gasteiger partial charge in [0.15, 0.2) is 11.1 Å². The third kappa shape index (κ3) is 20.1. The number of nitrogens with two attached hydrogens (primary N) is 1. The van der Waals surface area contributed by atoms with Gasteiger partial charge in [0.1, 0.15) is 6.54 Å². The zero-order chi connectivity index (χ0) is 28.5. The zero-order valence-electron chi connectivity index (χ0n) is 19.8. The number of hydrogen-bond donors (Lipinski definition) is 6. The molecule has 7 N–H and O–H groups in total. The van der Waals surface area contributed by atoms with Crippen LogP contribution in [0.25, 0.3) is 0 Å². The Bertz CT molecular complexity index is 1050. The lowest BCUT2D eigenvalue weighted by atomic mass is 10.5. The van der Waals surface area contributed by atoms with Crippen LogP contribution in [0.5, 0.6) is 0 Å². The van der Waals surface area contributed by atoms with Gasteiger partial charge in [-0.2, -0.15) is 20.5 Å². The Morgan fingerprint density at radius 1 is 1.32 bits per heavy atom. The van der Waals surface area contributed by atoms with Crippen LogP contribution in [0.2, 0.25) is 0 Å². The van der Waals surface area contributed by atoms with Gasteiger partial charge in [-0.3, -0.25) is 9.71 Å². The van der Waals surface area contributed by atoms with E-state index < -0.39 is 33.9 Å². The molecule has 1 heterocycles. The summed E-state index contributed by atoms with van der Waals surface area (Å²) in [6.45, 7) is 1.37. The second kappa shape index (κ2) is 17.7. The molecular formula is C18H28ClF2N7O6S3. The molecule has 0 fully saturated rings.